The second-order valence-electron chi connectivity index (χ2n) is 7.03. The number of hydrogen-bond acceptors (Lipinski definition) is 5. The van der Waals surface area contributed by atoms with Gasteiger partial charge >= 0.3 is 0 Å². The predicted molar refractivity (Wildman–Crippen MR) is 110 cm³/mol. The van der Waals surface area contributed by atoms with E-state index in [4.69, 9.17) is 4.74 Å². The number of nitrogens with zero attached hydrogens (tertiary/aromatic N) is 3. The number of sulfonamides is 1. The predicted octanol–water partition coefficient (Wildman–Crippen LogP) is 3.42. The maximum atomic E-state index is 14.1. The van der Waals surface area contributed by atoms with Crippen molar-refractivity contribution in [2.45, 2.75) is 11.3 Å². The van der Waals surface area contributed by atoms with E-state index in [2.05, 4.69) is 4.98 Å². The molecule has 6 nitrogen and oxygen atoms in total. The summed E-state index contributed by atoms with van der Waals surface area (Å²) in [5, 5.41) is 0.376. The number of benzene rings is 2. The molecule has 0 amide bonds. The summed E-state index contributed by atoms with van der Waals surface area (Å²) in [7, 11) is -2.13. The minimum atomic E-state index is -3.65. The van der Waals surface area contributed by atoms with Gasteiger partial charge in [-0.1, -0.05) is 0 Å². The third-order valence-electron chi connectivity index (χ3n) is 5.23. The van der Waals surface area contributed by atoms with Crippen LogP contribution in [0.25, 0.3) is 10.9 Å². The zero-order valence-electron chi connectivity index (χ0n) is 16.4. The average Bonchev–Trinajstić information content (AvgIpc) is 3.00. The van der Waals surface area contributed by atoms with Gasteiger partial charge in [-0.3, -0.25) is 4.98 Å². The number of rotatable bonds is 4. The average molecular weight is 433 g/mol. The maximum absolute atomic E-state index is 14.1. The van der Waals surface area contributed by atoms with Crippen molar-refractivity contribution in [2.75, 3.05) is 38.2 Å². The Bertz CT molecular complexity index is 1170. The second kappa shape index (κ2) is 8.16. The highest BCUT2D eigenvalue weighted by molar-refractivity contribution is 7.89. The summed E-state index contributed by atoms with van der Waals surface area (Å²) in [4.78, 5) is 6.18. The normalized spacial score (nSPS) is 15.9. The molecule has 1 aromatic heterocycles. The standard InChI is InChI=1S/C21H21F2N3O3S/c1-29-16-3-5-17(6-4-16)30(27,28)26-10-2-9-25(11-12-26)20-7-8-24-21-18(20)13-15(22)14-19(21)23/h3-8,13-14H,2,9-12H2,1H3. The van der Waals surface area contributed by atoms with E-state index < -0.39 is 21.7 Å². The highest BCUT2D eigenvalue weighted by Crippen LogP contribution is 2.29. The van der Waals surface area contributed by atoms with Crippen LogP contribution in [0.15, 0.2) is 53.6 Å². The summed E-state index contributed by atoms with van der Waals surface area (Å²) in [6.07, 6.45) is 2.06. The van der Waals surface area contributed by atoms with Crippen LogP contribution in [-0.4, -0.2) is 51.0 Å². The van der Waals surface area contributed by atoms with Crippen LogP contribution in [0.4, 0.5) is 14.5 Å². The van der Waals surface area contributed by atoms with Gasteiger partial charge in [0.25, 0.3) is 0 Å². The SMILES string of the molecule is COc1ccc(S(=O)(=O)N2CCCN(c3ccnc4c(F)cc(F)cc34)CC2)cc1. The van der Waals surface area contributed by atoms with Crippen molar-refractivity contribution in [2.24, 2.45) is 0 Å². The lowest BCUT2D eigenvalue weighted by atomic mass is 10.1. The molecule has 0 N–H and O–H groups in total. The van der Waals surface area contributed by atoms with Crippen LogP contribution in [0.3, 0.4) is 0 Å². The van der Waals surface area contributed by atoms with Crippen LogP contribution in [0, 0.1) is 11.6 Å². The van der Waals surface area contributed by atoms with Crippen molar-refractivity contribution < 1.29 is 21.9 Å². The van der Waals surface area contributed by atoms with Crippen LogP contribution in [0.1, 0.15) is 6.42 Å². The van der Waals surface area contributed by atoms with Crippen molar-refractivity contribution in [3.8, 4) is 5.75 Å². The molecule has 4 rings (SSSR count). The van der Waals surface area contributed by atoms with Crippen LogP contribution in [-0.2, 0) is 10.0 Å². The van der Waals surface area contributed by atoms with Crippen molar-refractivity contribution in [3.05, 3.63) is 60.3 Å². The molecule has 2 aromatic carbocycles. The number of aromatic nitrogens is 1. The van der Waals surface area contributed by atoms with Gasteiger partial charge in [0.15, 0.2) is 5.82 Å². The molecular formula is C21H21F2N3O3S. The third kappa shape index (κ3) is 3.82. The first-order valence-corrected chi connectivity index (χ1v) is 11.0. The monoisotopic (exact) mass is 433 g/mol. The van der Waals surface area contributed by atoms with Gasteiger partial charge in [-0.15, -0.1) is 0 Å². The molecule has 0 aliphatic carbocycles. The van der Waals surface area contributed by atoms with Gasteiger partial charge in [-0.25, -0.2) is 17.2 Å². The molecule has 1 aliphatic rings. The quantitative estimate of drug-likeness (QED) is 0.631. The maximum Gasteiger partial charge on any atom is 0.243 e. The molecule has 0 radical (unpaired) electrons. The number of methoxy groups -OCH3 is 1. The van der Waals surface area contributed by atoms with E-state index in [9.17, 15) is 17.2 Å². The molecule has 0 bridgehead atoms. The lowest BCUT2D eigenvalue weighted by molar-refractivity contribution is 0.413. The Balaban J connectivity index is 1.59. The molecule has 3 aromatic rings. The lowest BCUT2D eigenvalue weighted by Gasteiger charge is -2.25. The molecule has 9 heteroatoms. The molecule has 30 heavy (non-hydrogen) atoms. The highest BCUT2D eigenvalue weighted by atomic mass is 32.2. The first-order chi connectivity index (χ1) is 14.4. The van der Waals surface area contributed by atoms with Crippen LogP contribution in [0.2, 0.25) is 0 Å². The summed E-state index contributed by atoms with van der Waals surface area (Å²) in [6.45, 7) is 1.57. The lowest BCUT2D eigenvalue weighted by Crippen LogP contribution is -2.35. The summed E-state index contributed by atoms with van der Waals surface area (Å²) in [5.74, 6) is -0.807. The molecule has 2 heterocycles. The van der Waals surface area contributed by atoms with E-state index in [1.165, 1.54) is 35.8 Å². The Morgan fingerprint density at radius 3 is 2.50 bits per heavy atom. The number of anilines is 1. The second-order valence-corrected chi connectivity index (χ2v) is 8.97. The van der Waals surface area contributed by atoms with Gasteiger partial charge in [-0.2, -0.15) is 4.31 Å². The molecule has 0 unspecified atom stereocenters. The van der Waals surface area contributed by atoms with E-state index in [1.807, 2.05) is 4.90 Å². The van der Waals surface area contributed by atoms with Crippen LogP contribution < -0.4 is 9.64 Å². The van der Waals surface area contributed by atoms with Gasteiger partial charge in [0, 0.05) is 49.5 Å². The summed E-state index contributed by atoms with van der Waals surface area (Å²) in [6, 6.07) is 10.1. The fraction of sp³-hybridized carbons (Fsp3) is 0.286. The molecular weight excluding hydrogens is 412 g/mol. The first-order valence-electron chi connectivity index (χ1n) is 9.53. The van der Waals surface area contributed by atoms with E-state index in [-0.39, 0.29) is 17.0 Å². The van der Waals surface area contributed by atoms with E-state index in [0.717, 1.165) is 6.07 Å². The van der Waals surface area contributed by atoms with Crippen molar-refractivity contribution >= 4 is 26.6 Å². The van der Waals surface area contributed by atoms with Crippen molar-refractivity contribution in [1.29, 1.82) is 0 Å². The number of ether oxygens (including phenoxy) is 1. The third-order valence-corrected chi connectivity index (χ3v) is 7.15. The smallest absolute Gasteiger partial charge is 0.243 e. The van der Waals surface area contributed by atoms with Gasteiger partial charge < -0.3 is 9.64 Å². The topological polar surface area (TPSA) is 62.7 Å². The number of halogens is 2. The van der Waals surface area contributed by atoms with Crippen molar-refractivity contribution in [3.63, 3.8) is 0 Å². The molecule has 0 spiro atoms. The highest BCUT2D eigenvalue weighted by Gasteiger charge is 2.27. The van der Waals surface area contributed by atoms with Crippen LogP contribution in [0.5, 0.6) is 5.75 Å². The Labute approximate surface area is 173 Å². The van der Waals surface area contributed by atoms with Gasteiger partial charge in [0.1, 0.15) is 17.1 Å². The minimum Gasteiger partial charge on any atom is -0.497 e. The minimum absolute atomic E-state index is 0.0980. The van der Waals surface area contributed by atoms with Gasteiger partial charge in [-0.05, 0) is 42.8 Å². The summed E-state index contributed by atoms with van der Waals surface area (Å²) >= 11 is 0. The zero-order valence-corrected chi connectivity index (χ0v) is 17.2. The molecule has 1 fully saturated rings. The first kappa shape index (κ1) is 20.5. The Morgan fingerprint density at radius 2 is 1.77 bits per heavy atom. The molecule has 1 aliphatic heterocycles. The Kier molecular flexibility index (Phi) is 5.57. The molecule has 158 valence electrons. The fourth-order valence-electron chi connectivity index (χ4n) is 3.71. The number of pyridine rings is 1. The Morgan fingerprint density at radius 1 is 1.00 bits per heavy atom. The molecule has 1 saturated heterocycles. The van der Waals surface area contributed by atoms with Gasteiger partial charge in [0.05, 0.1) is 12.0 Å². The molecule has 0 atom stereocenters. The Hall–Kier alpha value is -2.78. The number of fused-ring (bicyclic) bond motifs is 1. The van der Waals surface area contributed by atoms with Gasteiger partial charge in [0.2, 0.25) is 10.0 Å². The van der Waals surface area contributed by atoms with E-state index >= 15 is 0 Å². The van der Waals surface area contributed by atoms with E-state index in [1.54, 1.807) is 18.2 Å². The zero-order chi connectivity index (χ0) is 21.3. The summed E-state index contributed by atoms with van der Waals surface area (Å²) in [5.41, 5.74) is 0.739. The number of hydrogen-bond donors (Lipinski definition) is 0. The van der Waals surface area contributed by atoms with E-state index in [0.29, 0.717) is 42.9 Å². The van der Waals surface area contributed by atoms with Crippen molar-refractivity contribution in [1.82, 2.24) is 9.29 Å². The summed E-state index contributed by atoms with van der Waals surface area (Å²) < 4.78 is 60.5. The fourth-order valence-corrected chi connectivity index (χ4v) is 5.18. The molecule has 0 saturated carbocycles. The van der Waals surface area contributed by atoms with Crippen LogP contribution >= 0.6 is 0 Å². The largest absolute Gasteiger partial charge is 0.497 e.